The molecule has 0 rings (SSSR count). The summed E-state index contributed by atoms with van der Waals surface area (Å²) < 4.78 is 0. The fraction of sp³-hybridized carbons (Fsp3) is 0.852. The van der Waals surface area contributed by atoms with Gasteiger partial charge in [0.15, 0.2) is 0 Å². The zero-order valence-electron chi connectivity index (χ0n) is 19.0. The highest BCUT2D eigenvalue weighted by atomic mass is 14.1. The third-order valence-corrected chi connectivity index (χ3v) is 5.85. The van der Waals surface area contributed by atoms with E-state index in [1.165, 1.54) is 122 Å². The quantitative estimate of drug-likeness (QED) is 0.130. The molecule has 2 radical (unpaired) electrons. The van der Waals surface area contributed by atoms with Gasteiger partial charge in [-0.1, -0.05) is 142 Å². The van der Waals surface area contributed by atoms with Crippen LogP contribution >= 0.6 is 0 Å². The standard InChI is InChI=1S/C27H52/c1-4-6-8-10-11-12-13-14-15-16-17-18-19-20-21-22-24-26-27(3)25-23-9-7-5-2/h6,8,27H,1-2,4-5,7,9-26H2,3H3. The molecule has 1 atom stereocenters. The van der Waals surface area contributed by atoms with Crippen molar-refractivity contribution in [2.45, 2.75) is 142 Å². The third kappa shape index (κ3) is 23.7. The van der Waals surface area contributed by atoms with Gasteiger partial charge in [-0.15, -0.1) is 0 Å². The molecule has 0 spiro atoms. The van der Waals surface area contributed by atoms with Crippen LogP contribution in [0.1, 0.15) is 142 Å². The van der Waals surface area contributed by atoms with Crippen LogP contribution in [0.4, 0.5) is 0 Å². The molecule has 0 bridgehead atoms. The first kappa shape index (κ1) is 26.7. The Morgan fingerprint density at radius 3 is 1.37 bits per heavy atom. The first-order valence-corrected chi connectivity index (χ1v) is 12.5. The monoisotopic (exact) mass is 376 g/mol. The predicted molar refractivity (Wildman–Crippen MR) is 126 cm³/mol. The van der Waals surface area contributed by atoms with Gasteiger partial charge in [-0.3, -0.25) is 0 Å². The van der Waals surface area contributed by atoms with Gasteiger partial charge in [-0.05, 0) is 32.1 Å². The van der Waals surface area contributed by atoms with Gasteiger partial charge in [-0.2, -0.15) is 0 Å². The second-order valence-electron chi connectivity index (χ2n) is 8.74. The van der Waals surface area contributed by atoms with Gasteiger partial charge < -0.3 is 0 Å². The summed E-state index contributed by atoms with van der Waals surface area (Å²) in [5.41, 5.74) is 0. The minimum atomic E-state index is 0.941. The highest BCUT2D eigenvalue weighted by molar-refractivity contribution is 4.81. The van der Waals surface area contributed by atoms with Crippen LogP contribution in [-0.4, -0.2) is 0 Å². The largest absolute Gasteiger partial charge is 0.0885 e. The van der Waals surface area contributed by atoms with Crippen LogP contribution in [0.15, 0.2) is 12.2 Å². The van der Waals surface area contributed by atoms with Crippen LogP contribution in [0, 0.1) is 19.8 Å². The first-order valence-electron chi connectivity index (χ1n) is 12.5. The summed E-state index contributed by atoms with van der Waals surface area (Å²) in [4.78, 5) is 0. The van der Waals surface area contributed by atoms with Crippen molar-refractivity contribution in [2.75, 3.05) is 0 Å². The van der Waals surface area contributed by atoms with Crippen molar-refractivity contribution >= 4 is 0 Å². The van der Waals surface area contributed by atoms with Gasteiger partial charge in [0.05, 0.1) is 0 Å². The molecule has 27 heavy (non-hydrogen) atoms. The van der Waals surface area contributed by atoms with E-state index in [1.54, 1.807) is 0 Å². The van der Waals surface area contributed by atoms with Gasteiger partial charge in [-0.25, -0.2) is 0 Å². The molecule has 0 saturated heterocycles. The Kier molecular flexibility index (Phi) is 23.5. The molecule has 0 nitrogen and oxygen atoms in total. The topological polar surface area (TPSA) is 0 Å². The van der Waals surface area contributed by atoms with Gasteiger partial charge in [0.2, 0.25) is 0 Å². The van der Waals surface area contributed by atoms with Gasteiger partial charge in [0.1, 0.15) is 0 Å². The number of rotatable bonds is 22. The lowest BCUT2D eigenvalue weighted by Crippen LogP contribution is -1.95. The minimum absolute atomic E-state index is 0.941. The molecule has 160 valence electrons. The van der Waals surface area contributed by atoms with E-state index in [0.717, 1.165) is 18.8 Å². The maximum atomic E-state index is 3.93. The van der Waals surface area contributed by atoms with E-state index in [9.17, 15) is 0 Å². The Morgan fingerprint density at radius 1 is 0.519 bits per heavy atom. The van der Waals surface area contributed by atoms with Crippen LogP contribution in [0.5, 0.6) is 0 Å². The van der Waals surface area contributed by atoms with E-state index in [1.807, 2.05) is 0 Å². The SMILES string of the molecule is [CH2]CC=CCCCCCCCCCCCCCCCC(C)CCCCC[CH2]. The first-order chi connectivity index (χ1) is 13.3. The summed E-state index contributed by atoms with van der Waals surface area (Å²) in [7, 11) is 0. The molecule has 0 aliphatic carbocycles. The summed E-state index contributed by atoms with van der Waals surface area (Å²) >= 11 is 0. The second-order valence-corrected chi connectivity index (χ2v) is 8.74. The fourth-order valence-corrected chi connectivity index (χ4v) is 3.93. The van der Waals surface area contributed by atoms with Crippen molar-refractivity contribution in [3.63, 3.8) is 0 Å². The van der Waals surface area contributed by atoms with Crippen LogP contribution in [0.3, 0.4) is 0 Å². The molecule has 0 amide bonds. The van der Waals surface area contributed by atoms with Crippen molar-refractivity contribution in [2.24, 2.45) is 5.92 Å². The Balaban J connectivity index is 3.09. The average Bonchev–Trinajstić information content (AvgIpc) is 2.67. The maximum absolute atomic E-state index is 3.93. The van der Waals surface area contributed by atoms with Crippen molar-refractivity contribution in [1.29, 1.82) is 0 Å². The molecule has 0 saturated carbocycles. The zero-order chi connectivity index (χ0) is 19.8. The molecule has 1 unspecified atom stereocenters. The minimum Gasteiger partial charge on any atom is -0.0885 e. The molecule has 0 aliphatic heterocycles. The van der Waals surface area contributed by atoms with Crippen LogP contribution in [0.25, 0.3) is 0 Å². The van der Waals surface area contributed by atoms with E-state index >= 15 is 0 Å². The molecular weight excluding hydrogens is 324 g/mol. The van der Waals surface area contributed by atoms with E-state index in [4.69, 9.17) is 0 Å². The van der Waals surface area contributed by atoms with E-state index in [0.29, 0.717) is 0 Å². The predicted octanol–water partition coefficient (Wildman–Crippen LogP) is 10.0. The van der Waals surface area contributed by atoms with Crippen LogP contribution < -0.4 is 0 Å². The van der Waals surface area contributed by atoms with E-state index < -0.39 is 0 Å². The number of allylic oxidation sites excluding steroid dienone is 2. The van der Waals surface area contributed by atoms with Crippen molar-refractivity contribution < 1.29 is 0 Å². The Labute approximate surface area is 174 Å². The molecular formula is C27H52. The summed E-state index contributed by atoms with van der Waals surface area (Å²) in [6, 6.07) is 0. The van der Waals surface area contributed by atoms with Crippen molar-refractivity contribution in [1.82, 2.24) is 0 Å². The Bertz CT molecular complexity index is 278. The van der Waals surface area contributed by atoms with Crippen LogP contribution in [-0.2, 0) is 0 Å². The summed E-state index contributed by atoms with van der Waals surface area (Å²) in [5.74, 6) is 0.944. The molecule has 0 aromatic heterocycles. The van der Waals surface area contributed by atoms with E-state index in [2.05, 4.69) is 32.9 Å². The lowest BCUT2D eigenvalue weighted by molar-refractivity contribution is 0.434. The Hall–Kier alpha value is -0.260. The molecule has 0 heteroatoms. The average molecular weight is 377 g/mol. The lowest BCUT2D eigenvalue weighted by Gasteiger charge is -2.10. The third-order valence-electron chi connectivity index (χ3n) is 5.85. The highest BCUT2D eigenvalue weighted by Crippen LogP contribution is 2.18. The Morgan fingerprint density at radius 2 is 0.926 bits per heavy atom. The van der Waals surface area contributed by atoms with Gasteiger partial charge in [0.25, 0.3) is 0 Å². The molecule has 0 fully saturated rings. The lowest BCUT2D eigenvalue weighted by atomic mass is 9.96. The molecule has 0 heterocycles. The normalized spacial score (nSPS) is 12.9. The summed E-state index contributed by atoms with van der Waals surface area (Å²) in [6.45, 7) is 10.2. The van der Waals surface area contributed by atoms with Gasteiger partial charge >= 0.3 is 0 Å². The number of hydrogen-bond acceptors (Lipinski definition) is 0. The highest BCUT2D eigenvalue weighted by Gasteiger charge is 2.01. The molecule has 0 aromatic rings. The maximum Gasteiger partial charge on any atom is -0.0351 e. The molecule has 0 aromatic carbocycles. The van der Waals surface area contributed by atoms with Crippen LogP contribution in [0.2, 0.25) is 0 Å². The summed E-state index contributed by atoms with van der Waals surface area (Å²) in [6.07, 6.45) is 33.7. The van der Waals surface area contributed by atoms with Gasteiger partial charge in [0, 0.05) is 0 Å². The van der Waals surface area contributed by atoms with E-state index in [-0.39, 0.29) is 0 Å². The number of hydrogen-bond donors (Lipinski definition) is 0. The zero-order valence-corrected chi connectivity index (χ0v) is 19.0. The number of unbranched alkanes of at least 4 members (excludes halogenated alkanes) is 16. The fourth-order valence-electron chi connectivity index (χ4n) is 3.93. The second kappa shape index (κ2) is 23.8. The van der Waals surface area contributed by atoms with Crippen molar-refractivity contribution in [3.05, 3.63) is 26.0 Å². The molecule has 0 N–H and O–H groups in total. The molecule has 0 aliphatic rings. The summed E-state index contributed by atoms with van der Waals surface area (Å²) in [5, 5.41) is 0. The van der Waals surface area contributed by atoms with Crippen molar-refractivity contribution in [3.8, 4) is 0 Å². The smallest absolute Gasteiger partial charge is 0.0351 e.